The number of halogens is 2. The van der Waals surface area contributed by atoms with E-state index in [4.69, 9.17) is 4.74 Å². The number of hydrogen-bond donors (Lipinski definition) is 2. The van der Waals surface area contributed by atoms with Crippen LogP contribution >= 0.6 is 0 Å². The fourth-order valence-corrected chi connectivity index (χ4v) is 3.42. The van der Waals surface area contributed by atoms with Crippen molar-refractivity contribution in [2.24, 2.45) is 5.92 Å². The van der Waals surface area contributed by atoms with Gasteiger partial charge in [0.25, 0.3) is 5.91 Å². The molecule has 1 aromatic heterocycles. The molecule has 7 nitrogen and oxygen atoms in total. The van der Waals surface area contributed by atoms with Gasteiger partial charge >= 0.3 is 0 Å². The van der Waals surface area contributed by atoms with E-state index >= 15 is 0 Å². The SMILES string of the molecule is CC(C)Cn1ncc2cc(Oc3ccc(F)cc3F)c(C(=O)NC(C)CC(O)N(C)C)cc21. The molecule has 9 heteroatoms. The van der Waals surface area contributed by atoms with Gasteiger partial charge in [0, 0.05) is 30.5 Å². The van der Waals surface area contributed by atoms with Crippen LogP contribution in [-0.4, -0.2) is 52.1 Å². The summed E-state index contributed by atoms with van der Waals surface area (Å²) in [5.74, 6) is -1.78. The van der Waals surface area contributed by atoms with E-state index in [2.05, 4.69) is 24.3 Å². The maximum absolute atomic E-state index is 14.2. The van der Waals surface area contributed by atoms with Crippen LogP contribution in [0.5, 0.6) is 11.5 Å². The molecule has 0 spiro atoms. The molecule has 1 amide bonds. The Labute approximate surface area is 192 Å². The van der Waals surface area contributed by atoms with E-state index < -0.39 is 23.8 Å². The summed E-state index contributed by atoms with van der Waals surface area (Å²) in [6.45, 7) is 6.57. The number of aromatic nitrogens is 2. The number of aliphatic hydroxyl groups excluding tert-OH is 1. The van der Waals surface area contributed by atoms with Crippen molar-refractivity contribution in [3.8, 4) is 11.5 Å². The number of aliphatic hydroxyl groups is 1. The summed E-state index contributed by atoms with van der Waals surface area (Å²) in [5, 5.41) is 18.1. The predicted octanol–water partition coefficient (Wildman–Crippen LogP) is 4.15. The zero-order valence-corrected chi connectivity index (χ0v) is 19.5. The normalized spacial score (nSPS) is 13.5. The Bertz CT molecular complexity index is 1130. The minimum absolute atomic E-state index is 0.120. The molecule has 2 aromatic carbocycles. The quantitative estimate of drug-likeness (QED) is 0.469. The monoisotopic (exact) mass is 460 g/mol. The molecule has 0 radical (unpaired) electrons. The fraction of sp³-hybridized carbons (Fsp3) is 0.417. The highest BCUT2D eigenvalue weighted by molar-refractivity contribution is 6.01. The molecule has 3 aromatic rings. The van der Waals surface area contributed by atoms with Crippen molar-refractivity contribution in [1.29, 1.82) is 0 Å². The van der Waals surface area contributed by atoms with Gasteiger partial charge in [-0.1, -0.05) is 13.8 Å². The van der Waals surface area contributed by atoms with Crippen molar-refractivity contribution >= 4 is 16.8 Å². The average Bonchev–Trinajstić information content (AvgIpc) is 3.10. The van der Waals surface area contributed by atoms with Crippen LogP contribution in [0.3, 0.4) is 0 Å². The molecule has 0 aliphatic rings. The van der Waals surface area contributed by atoms with Gasteiger partial charge in [-0.2, -0.15) is 5.10 Å². The first-order chi connectivity index (χ1) is 15.5. The number of carbonyl (C=O) groups excluding carboxylic acids is 1. The van der Waals surface area contributed by atoms with Crippen molar-refractivity contribution in [3.63, 3.8) is 0 Å². The first-order valence-corrected chi connectivity index (χ1v) is 10.8. The standard InChI is InChI=1S/C24H30F2N4O3/c1-14(2)13-30-20-11-18(24(32)28-15(3)8-23(31)29(4)5)22(9-16(20)12-27-30)33-21-7-6-17(25)10-19(21)26/h6-7,9-12,14-15,23,31H,8,13H2,1-5H3,(H,28,32). The molecule has 2 unspecified atom stereocenters. The Hall–Kier alpha value is -3.04. The van der Waals surface area contributed by atoms with Crippen molar-refractivity contribution in [2.75, 3.05) is 14.1 Å². The Kier molecular flexibility index (Phi) is 7.65. The van der Waals surface area contributed by atoms with E-state index in [1.54, 1.807) is 48.9 Å². The van der Waals surface area contributed by atoms with E-state index in [1.165, 1.54) is 6.07 Å². The van der Waals surface area contributed by atoms with Gasteiger partial charge in [0.2, 0.25) is 0 Å². The highest BCUT2D eigenvalue weighted by atomic mass is 19.1. The van der Waals surface area contributed by atoms with Crippen LogP contribution in [0.25, 0.3) is 10.9 Å². The van der Waals surface area contributed by atoms with E-state index in [9.17, 15) is 18.7 Å². The van der Waals surface area contributed by atoms with Crippen LogP contribution < -0.4 is 10.1 Å². The van der Waals surface area contributed by atoms with Crippen LogP contribution in [0, 0.1) is 17.6 Å². The van der Waals surface area contributed by atoms with Gasteiger partial charge in [0.05, 0.1) is 17.3 Å². The molecule has 0 aliphatic carbocycles. The second kappa shape index (κ2) is 10.3. The molecular weight excluding hydrogens is 430 g/mol. The summed E-state index contributed by atoms with van der Waals surface area (Å²) in [5.41, 5.74) is 0.921. The van der Waals surface area contributed by atoms with Gasteiger partial charge in [-0.15, -0.1) is 0 Å². The largest absolute Gasteiger partial charge is 0.453 e. The van der Waals surface area contributed by atoms with Crippen molar-refractivity contribution in [2.45, 2.75) is 46.0 Å². The number of amides is 1. The highest BCUT2D eigenvalue weighted by Crippen LogP contribution is 2.32. The number of ether oxygens (including phenoxy) is 1. The van der Waals surface area contributed by atoms with Crippen molar-refractivity contribution in [1.82, 2.24) is 20.0 Å². The third kappa shape index (κ3) is 6.06. The van der Waals surface area contributed by atoms with Crippen molar-refractivity contribution < 1.29 is 23.4 Å². The van der Waals surface area contributed by atoms with Crippen LogP contribution in [0.1, 0.15) is 37.6 Å². The number of carbonyl (C=O) groups is 1. The molecule has 33 heavy (non-hydrogen) atoms. The molecule has 178 valence electrons. The smallest absolute Gasteiger partial charge is 0.255 e. The van der Waals surface area contributed by atoms with Crippen LogP contribution in [0.15, 0.2) is 36.5 Å². The van der Waals surface area contributed by atoms with Gasteiger partial charge in [0.1, 0.15) is 17.8 Å². The number of nitrogens with one attached hydrogen (secondary N) is 1. The summed E-state index contributed by atoms with van der Waals surface area (Å²) < 4.78 is 35.1. The molecule has 0 fully saturated rings. The van der Waals surface area contributed by atoms with Gasteiger partial charge < -0.3 is 15.2 Å². The van der Waals surface area contributed by atoms with Crippen molar-refractivity contribution in [3.05, 3.63) is 53.7 Å². The molecule has 0 saturated heterocycles. The second-order valence-electron chi connectivity index (χ2n) is 8.86. The Morgan fingerprint density at radius 2 is 1.91 bits per heavy atom. The maximum Gasteiger partial charge on any atom is 0.255 e. The molecule has 2 N–H and O–H groups in total. The van der Waals surface area contributed by atoms with Gasteiger partial charge in [-0.3, -0.25) is 14.4 Å². The third-order valence-electron chi connectivity index (χ3n) is 5.18. The minimum Gasteiger partial charge on any atom is -0.453 e. The number of rotatable bonds is 9. The zero-order chi connectivity index (χ0) is 24.3. The molecule has 0 saturated carbocycles. The lowest BCUT2D eigenvalue weighted by atomic mass is 10.1. The Morgan fingerprint density at radius 3 is 2.55 bits per heavy atom. The third-order valence-corrected chi connectivity index (χ3v) is 5.18. The first-order valence-electron chi connectivity index (χ1n) is 10.8. The molecular formula is C24H30F2N4O3. The summed E-state index contributed by atoms with van der Waals surface area (Å²) in [4.78, 5) is 14.8. The summed E-state index contributed by atoms with van der Waals surface area (Å²) >= 11 is 0. The van der Waals surface area contributed by atoms with Crippen LogP contribution in [0.4, 0.5) is 8.78 Å². The maximum atomic E-state index is 14.2. The lowest BCUT2D eigenvalue weighted by Gasteiger charge is -2.23. The minimum atomic E-state index is -0.876. The van der Waals surface area contributed by atoms with E-state index in [-0.39, 0.29) is 23.1 Å². The molecule has 0 aliphatic heterocycles. The summed E-state index contributed by atoms with van der Waals surface area (Å²) in [7, 11) is 3.48. The number of benzene rings is 2. The number of fused-ring (bicyclic) bond motifs is 1. The van der Waals surface area contributed by atoms with Gasteiger partial charge in [-0.05, 0) is 51.2 Å². The molecule has 2 atom stereocenters. The molecule has 1 heterocycles. The van der Waals surface area contributed by atoms with Crippen LogP contribution in [0.2, 0.25) is 0 Å². The fourth-order valence-electron chi connectivity index (χ4n) is 3.42. The first kappa shape index (κ1) is 24.6. The summed E-state index contributed by atoms with van der Waals surface area (Å²) in [6, 6.07) is 5.92. The van der Waals surface area contributed by atoms with Gasteiger partial charge in [0.15, 0.2) is 11.6 Å². The molecule has 3 rings (SSSR count). The molecule has 0 bridgehead atoms. The Balaban J connectivity index is 1.99. The van der Waals surface area contributed by atoms with E-state index in [1.807, 2.05) is 0 Å². The summed E-state index contributed by atoms with van der Waals surface area (Å²) in [6.07, 6.45) is 1.25. The van der Waals surface area contributed by atoms with E-state index in [0.717, 1.165) is 23.0 Å². The second-order valence-corrected chi connectivity index (χ2v) is 8.86. The number of hydrogen-bond acceptors (Lipinski definition) is 5. The highest BCUT2D eigenvalue weighted by Gasteiger charge is 2.21. The van der Waals surface area contributed by atoms with Crippen LogP contribution in [-0.2, 0) is 6.54 Å². The topological polar surface area (TPSA) is 79.6 Å². The predicted molar refractivity (Wildman–Crippen MR) is 122 cm³/mol. The van der Waals surface area contributed by atoms with E-state index in [0.29, 0.717) is 18.9 Å². The zero-order valence-electron chi connectivity index (χ0n) is 19.5. The lowest BCUT2D eigenvalue weighted by molar-refractivity contribution is 0.0262. The lowest BCUT2D eigenvalue weighted by Crippen LogP contribution is -2.39. The Morgan fingerprint density at radius 1 is 1.18 bits per heavy atom. The average molecular weight is 461 g/mol. The van der Waals surface area contributed by atoms with Gasteiger partial charge in [-0.25, -0.2) is 8.78 Å². The number of nitrogens with zero attached hydrogens (tertiary/aromatic N) is 3.